The molecule has 0 saturated heterocycles. The van der Waals surface area contributed by atoms with Gasteiger partial charge in [0, 0.05) is 6.54 Å². The summed E-state index contributed by atoms with van der Waals surface area (Å²) in [6.45, 7) is 2.04. The van der Waals surface area contributed by atoms with Crippen molar-refractivity contribution in [3.63, 3.8) is 0 Å². The van der Waals surface area contributed by atoms with Gasteiger partial charge in [0.15, 0.2) is 0 Å². The zero-order chi connectivity index (χ0) is 16.9. The predicted octanol–water partition coefficient (Wildman–Crippen LogP) is 3.01. The lowest BCUT2D eigenvalue weighted by Crippen LogP contribution is -2.29. The Morgan fingerprint density at radius 2 is 1.74 bits per heavy atom. The number of halogens is 1. The van der Waals surface area contributed by atoms with Crippen LogP contribution in [0.15, 0.2) is 47.4 Å². The molecule has 0 unspecified atom stereocenters. The SMILES string of the molecule is COc1ccc(OCCNS(=O)(=O)c2c(C)cccc2Cl)cc1. The molecule has 0 aliphatic heterocycles. The second kappa shape index (κ2) is 7.68. The van der Waals surface area contributed by atoms with Crippen molar-refractivity contribution >= 4 is 21.6 Å². The molecular formula is C16H18ClNO4S. The van der Waals surface area contributed by atoms with Gasteiger partial charge >= 0.3 is 0 Å². The van der Waals surface area contributed by atoms with Crippen LogP contribution >= 0.6 is 11.6 Å². The third kappa shape index (κ3) is 4.60. The van der Waals surface area contributed by atoms with Gasteiger partial charge in [0.25, 0.3) is 0 Å². The van der Waals surface area contributed by atoms with E-state index in [-0.39, 0.29) is 23.1 Å². The molecule has 7 heteroatoms. The van der Waals surface area contributed by atoms with Gasteiger partial charge in [0.05, 0.1) is 12.1 Å². The van der Waals surface area contributed by atoms with Crippen LogP contribution in [0.2, 0.25) is 5.02 Å². The molecule has 23 heavy (non-hydrogen) atoms. The number of hydrogen-bond donors (Lipinski definition) is 1. The van der Waals surface area contributed by atoms with Gasteiger partial charge in [-0.1, -0.05) is 23.7 Å². The van der Waals surface area contributed by atoms with Crippen LogP contribution in [0.1, 0.15) is 5.56 Å². The lowest BCUT2D eigenvalue weighted by atomic mass is 10.2. The first-order chi connectivity index (χ1) is 10.9. The Morgan fingerprint density at radius 1 is 1.09 bits per heavy atom. The standard InChI is InChI=1S/C16H18ClNO4S/c1-12-4-3-5-15(17)16(12)23(19,20)18-10-11-22-14-8-6-13(21-2)7-9-14/h3-9,18H,10-11H2,1-2H3. The number of sulfonamides is 1. The van der Waals surface area contributed by atoms with Crippen LogP contribution in [0.4, 0.5) is 0 Å². The van der Waals surface area contributed by atoms with Crippen molar-refractivity contribution in [3.05, 3.63) is 53.1 Å². The van der Waals surface area contributed by atoms with Crippen molar-refractivity contribution in [2.24, 2.45) is 0 Å². The minimum atomic E-state index is -3.67. The minimum absolute atomic E-state index is 0.103. The Kier molecular flexibility index (Phi) is 5.87. The van der Waals surface area contributed by atoms with Crippen molar-refractivity contribution in [2.45, 2.75) is 11.8 Å². The summed E-state index contributed by atoms with van der Waals surface area (Å²) in [4.78, 5) is 0.103. The van der Waals surface area contributed by atoms with Gasteiger partial charge in [-0.25, -0.2) is 13.1 Å². The maximum atomic E-state index is 12.3. The highest BCUT2D eigenvalue weighted by molar-refractivity contribution is 7.89. The van der Waals surface area contributed by atoms with Gasteiger partial charge in [-0.2, -0.15) is 0 Å². The van der Waals surface area contributed by atoms with Gasteiger partial charge in [0.1, 0.15) is 23.0 Å². The Labute approximate surface area is 141 Å². The summed E-state index contributed by atoms with van der Waals surface area (Å²) in [6.07, 6.45) is 0. The van der Waals surface area contributed by atoms with E-state index in [1.54, 1.807) is 56.5 Å². The van der Waals surface area contributed by atoms with E-state index in [1.807, 2.05) is 0 Å². The quantitative estimate of drug-likeness (QED) is 0.775. The van der Waals surface area contributed by atoms with Crippen molar-refractivity contribution < 1.29 is 17.9 Å². The highest BCUT2D eigenvalue weighted by atomic mass is 35.5. The average molecular weight is 356 g/mol. The zero-order valence-electron chi connectivity index (χ0n) is 12.9. The Balaban J connectivity index is 1.92. The third-order valence-electron chi connectivity index (χ3n) is 3.15. The highest BCUT2D eigenvalue weighted by Crippen LogP contribution is 2.24. The number of rotatable bonds is 7. The molecule has 2 aromatic carbocycles. The fraction of sp³-hybridized carbons (Fsp3) is 0.250. The fourth-order valence-electron chi connectivity index (χ4n) is 2.05. The highest BCUT2D eigenvalue weighted by Gasteiger charge is 2.19. The molecule has 2 rings (SSSR count). The summed E-state index contributed by atoms with van der Waals surface area (Å²) >= 11 is 5.99. The van der Waals surface area contributed by atoms with E-state index < -0.39 is 10.0 Å². The van der Waals surface area contributed by atoms with E-state index in [1.165, 1.54) is 0 Å². The van der Waals surface area contributed by atoms with E-state index >= 15 is 0 Å². The van der Waals surface area contributed by atoms with Crippen LogP contribution in [-0.4, -0.2) is 28.7 Å². The van der Waals surface area contributed by atoms with E-state index in [2.05, 4.69) is 4.72 Å². The summed E-state index contributed by atoms with van der Waals surface area (Å²) in [7, 11) is -2.08. The Hall–Kier alpha value is -1.76. The molecule has 2 aromatic rings. The van der Waals surface area contributed by atoms with Crippen molar-refractivity contribution in [1.82, 2.24) is 4.72 Å². The van der Waals surface area contributed by atoms with E-state index in [9.17, 15) is 8.42 Å². The molecule has 124 valence electrons. The molecule has 0 saturated carbocycles. The first-order valence-corrected chi connectivity index (χ1v) is 8.82. The molecule has 0 aliphatic carbocycles. The molecule has 0 radical (unpaired) electrons. The van der Waals surface area contributed by atoms with Gasteiger partial charge in [-0.3, -0.25) is 0 Å². The van der Waals surface area contributed by atoms with Crippen molar-refractivity contribution in [1.29, 1.82) is 0 Å². The van der Waals surface area contributed by atoms with Crippen LogP contribution < -0.4 is 14.2 Å². The predicted molar refractivity (Wildman–Crippen MR) is 89.9 cm³/mol. The number of benzene rings is 2. The van der Waals surface area contributed by atoms with Crippen LogP contribution in [0.3, 0.4) is 0 Å². The van der Waals surface area contributed by atoms with Crippen molar-refractivity contribution in [3.8, 4) is 11.5 Å². The van der Waals surface area contributed by atoms with Crippen LogP contribution in [-0.2, 0) is 10.0 Å². The van der Waals surface area contributed by atoms with Gasteiger partial charge in [-0.15, -0.1) is 0 Å². The number of ether oxygens (including phenoxy) is 2. The van der Waals surface area contributed by atoms with Crippen LogP contribution in [0.5, 0.6) is 11.5 Å². The molecule has 0 fully saturated rings. The maximum absolute atomic E-state index is 12.3. The van der Waals surface area contributed by atoms with Gasteiger partial charge in [0.2, 0.25) is 10.0 Å². The summed E-state index contributed by atoms with van der Waals surface area (Å²) < 4.78 is 37.6. The molecule has 5 nitrogen and oxygen atoms in total. The molecule has 0 amide bonds. The third-order valence-corrected chi connectivity index (χ3v) is 5.25. The number of hydrogen-bond acceptors (Lipinski definition) is 4. The summed E-state index contributed by atoms with van der Waals surface area (Å²) in [5.74, 6) is 1.37. The molecule has 0 bridgehead atoms. The van der Waals surface area contributed by atoms with E-state index in [4.69, 9.17) is 21.1 Å². The molecular weight excluding hydrogens is 338 g/mol. The summed E-state index contributed by atoms with van der Waals surface area (Å²) in [6, 6.07) is 12.0. The zero-order valence-corrected chi connectivity index (χ0v) is 14.4. The number of aryl methyl sites for hydroxylation is 1. The van der Waals surface area contributed by atoms with E-state index in [0.717, 1.165) is 5.75 Å². The van der Waals surface area contributed by atoms with Crippen molar-refractivity contribution in [2.75, 3.05) is 20.3 Å². The topological polar surface area (TPSA) is 64.6 Å². The van der Waals surface area contributed by atoms with Gasteiger partial charge < -0.3 is 9.47 Å². The average Bonchev–Trinajstić information content (AvgIpc) is 2.52. The van der Waals surface area contributed by atoms with Crippen LogP contribution in [0.25, 0.3) is 0 Å². The second-order valence-corrected chi connectivity index (χ2v) is 6.92. The van der Waals surface area contributed by atoms with Crippen LogP contribution in [0, 0.1) is 6.92 Å². The van der Waals surface area contributed by atoms with Gasteiger partial charge in [-0.05, 0) is 42.8 Å². The smallest absolute Gasteiger partial charge is 0.242 e. The summed E-state index contributed by atoms with van der Waals surface area (Å²) in [5, 5.41) is 0.202. The second-order valence-electron chi connectivity index (χ2n) is 4.81. The number of nitrogens with one attached hydrogen (secondary N) is 1. The molecule has 0 spiro atoms. The monoisotopic (exact) mass is 355 g/mol. The molecule has 0 aliphatic rings. The lowest BCUT2D eigenvalue weighted by molar-refractivity contribution is 0.322. The Bertz CT molecular complexity index is 740. The summed E-state index contributed by atoms with van der Waals surface area (Å²) in [5.41, 5.74) is 0.598. The fourth-order valence-corrected chi connectivity index (χ4v) is 3.89. The minimum Gasteiger partial charge on any atom is -0.497 e. The molecule has 1 N–H and O–H groups in total. The van der Waals surface area contributed by atoms with E-state index in [0.29, 0.717) is 11.3 Å². The Morgan fingerprint density at radius 3 is 2.35 bits per heavy atom. The first-order valence-electron chi connectivity index (χ1n) is 6.95. The largest absolute Gasteiger partial charge is 0.497 e. The lowest BCUT2D eigenvalue weighted by Gasteiger charge is -2.11. The molecule has 0 atom stereocenters. The number of methoxy groups -OCH3 is 1. The normalized spacial score (nSPS) is 11.3. The molecule has 0 aromatic heterocycles. The molecule has 0 heterocycles. The maximum Gasteiger partial charge on any atom is 0.242 e. The first kappa shape index (κ1) is 17.6.